The fraction of sp³-hybridized carbons (Fsp3) is 0.152. The normalized spacial score (nSPS) is 12.3. The fourth-order valence-corrected chi connectivity index (χ4v) is 5.97. The van der Waals surface area contributed by atoms with Crippen molar-refractivity contribution in [3.63, 3.8) is 0 Å². The molecule has 4 heterocycles. The monoisotopic (exact) mass is 532 g/mol. The summed E-state index contributed by atoms with van der Waals surface area (Å²) in [6.45, 7) is 0. The minimum Gasteiger partial charge on any atom is -0.496 e. The van der Waals surface area contributed by atoms with E-state index in [9.17, 15) is 0 Å². The number of hydrogen-bond acceptors (Lipinski definition) is 5. The number of allylic oxidation sites excluding steroid dienone is 1. The molecular weight excluding hydrogens is 500 g/mol. The van der Waals surface area contributed by atoms with Crippen LogP contribution in [0.25, 0.3) is 54.9 Å². The zero-order valence-electron chi connectivity index (χ0n) is 20.5. The standard InChI is InChI=1S/C31H24N4OS.2CH4/c1-35-27-18-33-25-16-28(36-2)21(7-5-8-23-14-22-6-3-4-9-29(22)37-23)15-24(25)30(27)31(34-35)20-12-10-19(11-13-20)26-17-32-26;;/h3-7,9-18,32H,8H2,1-2H3;2*1H4/b7-5-;;. The number of benzene rings is 3. The molecule has 0 bridgehead atoms. The predicted octanol–water partition coefficient (Wildman–Crippen LogP) is 8.44. The third kappa shape index (κ3) is 4.68. The van der Waals surface area contributed by atoms with Gasteiger partial charge < -0.3 is 10.1 Å². The van der Waals surface area contributed by atoms with Crippen molar-refractivity contribution in [3.8, 4) is 17.0 Å². The summed E-state index contributed by atoms with van der Waals surface area (Å²) in [5.41, 5.74) is 7.33. The summed E-state index contributed by atoms with van der Waals surface area (Å²) < 4.78 is 9.00. The number of nitrogens with zero attached hydrogens (tertiary/aromatic N) is 3. The molecule has 6 aromatic rings. The number of methoxy groups -OCH3 is 1. The van der Waals surface area contributed by atoms with Crippen molar-refractivity contribution >= 4 is 55.0 Å². The van der Waals surface area contributed by atoms with Gasteiger partial charge in [-0.15, -0.1) is 11.3 Å². The summed E-state index contributed by atoms with van der Waals surface area (Å²) in [6.07, 6.45) is 9.15. The second-order valence-electron chi connectivity index (χ2n) is 9.24. The van der Waals surface area contributed by atoms with Crippen LogP contribution in [0.3, 0.4) is 0 Å². The number of fused-ring (bicyclic) bond motifs is 4. The van der Waals surface area contributed by atoms with E-state index in [0.29, 0.717) is 0 Å². The third-order valence-electron chi connectivity index (χ3n) is 6.89. The molecule has 0 amide bonds. The Balaban J connectivity index is 0.00000154. The second kappa shape index (κ2) is 10.4. The van der Waals surface area contributed by atoms with Crippen LogP contribution in [0.5, 0.6) is 5.75 Å². The predicted molar refractivity (Wildman–Crippen MR) is 167 cm³/mol. The maximum atomic E-state index is 5.76. The highest BCUT2D eigenvalue weighted by Crippen LogP contribution is 2.36. The van der Waals surface area contributed by atoms with Gasteiger partial charge >= 0.3 is 0 Å². The molecule has 6 heteroatoms. The quantitative estimate of drug-likeness (QED) is 0.234. The van der Waals surface area contributed by atoms with Crippen LogP contribution in [-0.4, -0.2) is 21.9 Å². The van der Waals surface area contributed by atoms with Crippen molar-refractivity contribution in [1.82, 2.24) is 20.1 Å². The van der Waals surface area contributed by atoms with Crippen LogP contribution in [0.1, 0.15) is 30.9 Å². The molecule has 0 saturated heterocycles. The number of rotatable bonds is 6. The fourth-order valence-electron chi connectivity index (χ4n) is 4.93. The highest BCUT2D eigenvalue weighted by atomic mass is 32.1. The summed E-state index contributed by atoms with van der Waals surface area (Å²) in [7, 11) is 3.69. The Hall–Kier alpha value is -4.42. The summed E-state index contributed by atoms with van der Waals surface area (Å²) in [5.74, 6) is 0.812. The molecule has 0 aliphatic carbocycles. The van der Waals surface area contributed by atoms with Gasteiger partial charge in [0.2, 0.25) is 0 Å². The molecular formula is C33H32N4OS. The molecule has 0 saturated carbocycles. The van der Waals surface area contributed by atoms with E-state index >= 15 is 0 Å². The lowest BCUT2D eigenvalue weighted by Crippen LogP contribution is -1.92. The van der Waals surface area contributed by atoms with Crippen LogP contribution in [0.4, 0.5) is 0 Å². The van der Waals surface area contributed by atoms with Gasteiger partial charge in [0.05, 0.1) is 30.0 Å². The Labute approximate surface area is 233 Å². The number of hydrogen-bond donors (Lipinski definition) is 1. The molecule has 7 rings (SSSR count). The Kier molecular flexibility index (Phi) is 6.98. The molecule has 1 aliphatic heterocycles. The first kappa shape index (κ1) is 26.2. The van der Waals surface area contributed by atoms with Crippen LogP contribution in [-0.2, 0) is 13.5 Å². The maximum Gasteiger partial charge on any atom is 0.128 e. The highest BCUT2D eigenvalue weighted by molar-refractivity contribution is 7.19. The summed E-state index contributed by atoms with van der Waals surface area (Å²) in [6, 6.07) is 23.6. The average molecular weight is 533 g/mol. The number of aromatic nitrogens is 3. The molecule has 0 radical (unpaired) electrons. The first-order chi connectivity index (χ1) is 18.2. The summed E-state index contributed by atoms with van der Waals surface area (Å²) in [5, 5.41) is 11.5. The van der Waals surface area contributed by atoms with E-state index in [-0.39, 0.29) is 14.9 Å². The second-order valence-corrected chi connectivity index (χ2v) is 10.4. The smallest absolute Gasteiger partial charge is 0.128 e. The van der Waals surface area contributed by atoms with Gasteiger partial charge in [0, 0.05) is 57.2 Å². The zero-order chi connectivity index (χ0) is 24.9. The third-order valence-corrected chi connectivity index (χ3v) is 8.02. The highest BCUT2D eigenvalue weighted by Gasteiger charge is 2.17. The van der Waals surface area contributed by atoms with Gasteiger partial charge in [0.25, 0.3) is 0 Å². The minimum atomic E-state index is 0. The largest absolute Gasteiger partial charge is 0.496 e. The molecule has 1 aliphatic rings. The molecule has 3 aromatic carbocycles. The van der Waals surface area contributed by atoms with E-state index in [0.717, 1.165) is 50.8 Å². The van der Waals surface area contributed by atoms with E-state index in [1.807, 2.05) is 41.5 Å². The number of nitrogens with one attached hydrogen (secondary N) is 1. The van der Waals surface area contributed by atoms with E-state index in [2.05, 4.69) is 78.1 Å². The van der Waals surface area contributed by atoms with Gasteiger partial charge in [0.15, 0.2) is 0 Å². The van der Waals surface area contributed by atoms with Crippen molar-refractivity contribution < 1.29 is 4.74 Å². The molecule has 3 aromatic heterocycles. The van der Waals surface area contributed by atoms with Gasteiger partial charge in [0.1, 0.15) is 11.4 Å². The van der Waals surface area contributed by atoms with Crippen molar-refractivity contribution in [2.75, 3.05) is 7.11 Å². The van der Waals surface area contributed by atoms with Crippen LogP contribution < -0.4 is 10.1 Å². The number of aryl methyl sites for hydroxylation is 1. The van der Waals surface area contributed by atoms with E-state index in [1.165, 1.54) is 26.2 Å². The van der Waals surface area contributed by atoms with Gasteiger partial charge in [-0.1, -0.05) is 69.5 Å². The Morgan fingerprint density at radius 3 is 2.51 bits per heavy atom. The Bertz CT molecular complexity index is 1840. The van der Waals surface area contributed by atoms with Crippen LogP contribution >= 0.6 is 11.3 Å². The van der Waals surface area contributed by atoms with Gasteiger partial charge in [-0.2, -0.15) is 5.10 Å². The van der Waals surface area contributed by atoms with Crippen molar-refractivity contribution in [2.24, 2.45) is 7.05 Å². The molecule has 5 nitrogen and oxygen atoms in total. The van der Waals surface area contributed by atoms with Crippen molar-refractivity contribution in [2.45, 2.75) is 21.3 Å². The van der Waals surface area contributed by atoms with E-state index in [1.54, 1.807) is 7.11 Å². The number of thiophene rings is 1. The lowest BCUT2D eigenvalue weighted by molar-refractivity contribution is 0.414. The first-order valence-corrected chi connectivity index (χ1v) is 13.0. The van der Waals surface area contributed by atoms with E-state index in [4.69, 9.17) is 14.8 Å². The number of ether oxygens (including phenoxy) is 1. The molecule has 39 heavy (non-hydrogen) atoms. The average Bonchev–Trinajstić information content (AvgIpc) is 3.61. The topological polar surface area (TPSA) is 61.9 Å². The summed E-state index contributed by atoms with van der Waals surface area (Å²) >= 11 is 1.84. The van der Waals surface area contributed by atoms with Gasteiger partial charge in [-0.05, 0) is 29.1 Å². The lowest BCUT2D eigenvalue weighted by Gasteiger charge is -2.09. The van der Waals surface area contributed by atoms with Gasteiger partial charge in [-0.3, -0.25) is 9.67 Å². The first-order valence-electron chi connectivity index (χ1n) is 12.2. The molecule has 1 N–H and O–H groups in total. The Morgan fingerprint density at radius 2 is 1.77 bits per heavy atom. The number of pyridine rings is 1. The lowest BCUT2D eigenvalue weighted by atomic mass is 10.0. The molecule has 0 spiro atoms. The zero-order valence-corrected chi connectivity index (χ0v) is 21.3. The SMILES string of the molecule is C.C.COc1cc2ncc3c(c(-c4ccc(C5=CN5)cc4)nn3C)c2cc1/C=C\Cc1cc2ccccc2s1. The van der Waals surface area contributed by atoms with E-state index < -0.39 is 0 Å². The van der Waals surface area contributed by atoms with Crippen molar-refractivity contribution in [3.05, 3.63) is 101 Å². The van der Waals surface area contributed by atoms with Crippen LogP contribution in [0, 0.1) is 0 Å². The van der Waals surface area contributed by atoms with Crippen molar-refractivity contribution in [1.29, 1.82) is 0 Å². The minimum absolute atomic E-state index is 0. The van der Waals surface area contributed by atoms with Gasteiger partial charge in [-0.25, -0.2) is 0 Å². The summed E-state index contributed by atoms with van der Waals surface area (Å²) in [4.78, 5) is 6.09. The molecule has 0 fully saturated rings. The van der Waals surface area contributed by atoms with Crippen LogP contribution in [0.15, 0.2) is 85.2 Å². The maximum absolute atomic E-state index is 5.76. The van der Waals surface area contributed by atoms with Crippen LogP contribution in [0.2, 0.25) is 0 Å². The molecule has 0 atom stereocenters. The molecule has 196 valence electrons. The Morgan fingerprint density at radius 1 is 1.00 bits per heavy atom. The molecule has 0 unspecified atom stereocenters.